The lowest BCUT2D eigenvalue weighted by atomic mass is 9.84. The van der Waals surface area contributed by atoms with Crippen LogP contribution in [0.3, 0.4) is 0 Å². The van der Waals surface area contributed by atoms with Gasteiger partial charge in [-0.1, -0.05) is 17.7 Å². The average Bonchev–Trinajstić information content (AvgIpc) is 2.75. The van der Waals surface area contributed by atoms with Gasteiger partial charge in [-0.25, -0.2) is 0 Å². The summed E-state index contributed by atoms with van der Waals surface area (Å²) in [6.07, 6.45) is 9.40. The molecule has 0 aromatic carbocycles. The number of fused-ring (bicyclic) bond motifs is 2. The van der Waals surface area contributed by atoms with Crippen molar-refractivity contribution in [3.63, 3.8) is 0 Å². The molecule has 2 fully saturated rings. The maximum atomic E-state index is 10.6. The van der Waals surface area contributed by atoms with Crippen LogP contribution in [0.1, 0.15) is 33.1 Å². The summed E-state index contributed by atoms with van der Waals surface area (Å²) in [5, 5.41) is 0. The minimum absolute atomic E-state index is 0.644. The molecule has 1 unspecified atom stereocenters. The van der Waals surface area contributed by atoms with Crippen molar-refractivity contribution in [2.75, 3.05) is 0 Å². The number of hydrogen-bond acceptors (Lipinski definition) is 1. The van der Waals surface area contributed by atoms with Crippen molar-refractivity contribution in [2.24, 2.45) is 17.8 Å². The van der Waals surface area contributed by atoms with Crippen molar-refractivity contribution < 1.29 is 4.79 Å². The van der Waals surface area contributed by atoms with Gasteiger partial charge in [0.05, 0.1) is 0 Å². The maximum absolute atomic E-state index is 10.6. The molecule has 0 radical (unpaired) electrons. The summed E-state index contributed by atoms with van der Waals surface area (Å²) in [6.45, 7) is 4.05. The molecule has 2 saturated carbocycles. The van der Waals surface area contributed by atoms with Gasteiger partial charge in [-0.15, -0.1) is 0 Å². The van der Waals surface area contributed by atoms with Crippen LogP contribution in [-0.2, 0) is 4.79 Å². The summed E-state index contributed by atoms with van der Waals surface area (Å²) in [5.41, 5.74) is 2.53. The standard InChI is InChI=1S/C13H18O/c1-3-11-5-10-6-12(13(11)7-10)4-9(2)8-14/h3-4,8,10,12-13H,5-7H2,1-2H3/b9-4+,11-3+/t10-,12?,13+/m0/s1. The number of rotatable bonds is 2. The molecule has 2 bridgehead atoms. The second-order valence-electron chi connectivity index (χ2n) is 4.70. The Balaban J connectivity index is 2.14. The van der Waals surface area contributed by atoms with Crippen molar-refractivity contribution in [1.29, 1.82) is 0 Å². The molecule has 2 aliphatic rings. The third-order valence-electron chi connectivity index (χ3n) is 3.74. The summed E-state index contributed by atoms with van der Waals surface area (Å²) in [7, 11) is 0. The summed E-state index contributed by atoms with van der Waals surface area (Å²) < 4.78 is 0. The fraction of sp³-hybridized carbons (Fsp3) is 0.615. The van der Waals surface area contributed by atoms with E-state index >= 15 is 0 Å². The topological polar surface area (TPSA) is 17.1 Å². The van der Waals surface area contributed by atoms with Crippen molar-refractivity contribution >= 4 is 6.29 Å². The highest BCUT2D eigenvalue weighted by atomic mass is 16.1. The minimum Gasteiger partial charge on any atom is -0.298 e. The first-order valence-electron chi connectivity index (χ1n) is 5.53. The van der Waals surface area contributed by atoms with Crippen molar-refractivity contribution in [3.05, 3.63) is 23.3 Å². The molecule has 0 spiro atoms. The van der Waals surface area contributed by atoms with Crippen LogP contribution in [0.15, 0.2) is 23.3 Å². The first kappa shape index (κ1) is 9.70. The summed E-state index contributed by atoms with van der Waals surface area (Å²) in [4.78, 5) is 10.6. The molecule has 0 saturated heterocycles. The van der Waals surface area contributed by atoms with Gasteiger partial charge in [0.1, 0.15) is 6.29 Å². The van der Waals surface area contributed by atoms with Crippen LogP contribution in [0.2, 0.25) is 0 Å². The van der Waals surface area contributed by atoms with Gasteiger partial charge in [-0.2, -0.15) is 0 Å². The molecule has 0 amide bonds. The van der Waals surface area contributed by atoms with E-state index in [4.69, 9.17) is 0 Å². The van der Waals surface area contributed by atoms with Gasteiger partial charge < -0.3 is 0 Å². The third-order valence-corrected chi connectivity index (χ3v) is 3.74. The highest BCUT2D eigenvalue weighted by Crippen LogP contribution is 2.52. The number of hydrogen-bond donors (Lipinski definition) is 0. The molecule has 0 heterocycles. The SMILES string of the molecule is C/C=C1\C[C@H]2CC(/C=C(\C)C=O)[C@@H]1C2. The van der Waals surface area contributed by atoms with Gasteiger partial charge in [-0.3, -0.25) is 4.79 Å². The van der Waals surface area contributed by atoms with E-state index in [0.29, 0.717) is 5.92 Å². The van der Waals surface area contributed by atoms with Crippen LogP contribution >= 0.6 is 0 Å². The van der Waals surface area contributed by atoms with Crippen molar-refractivity contribution in [1.82, 2.24) is 0 Å². The van der Waals surface area contributed by atoms with Crippen LogP contribution in [-0.4, -0.2) is 6.29 Å². The predicted octanol–water partition coefficient (Wildman–Crippen LogP) is 3.12. The van der Waals surface area contributed by atoms with Crippen molar-refractivity contribution in [3.8, 4) is 0 Å². The number of aldehydes is 1. The van der Waals surface area contributed by atoms with E-state index in [-0.39, 0.29) is 0 Å². The van der Waals surface area contributed by atoms with E-state index in [0.717, 1.165) is 23.7 Å². The third kappa shape index (κ3) is 1.56. The number of carbonyl (C=O) groups excluding carboxylic acids is 1. The summed E-state index contributed by atoms with van der Waals surface area (Å²) in [6, 6.07) is 0. The predicted molar refractivity (Wildman–Crippen MR) is 57.9 cm³/mol. The van der Waals surface area contributed by atoms with Gasteiger partial charge in [0.25, 0.3) is 0 Å². The Morgan fingerprint density at radius 3 is 2.79 bits per heavy atom. The van der Waals surface area contributed by atoms with Gasteiger partial charge in [0, 0.05) is 0 Å². The molecule has 3 atom stereocenters. The summed E-state index contributed by atoms with van der Waals surface area (Å²) in [5.74, 6) is 2.29. The Morgan fingerprint density at radius 2 is 2.21 bits per heavy atom. The first-order chi connectivity index (χ1) is 6.74. The lowest BCUT2D eigenvalue weighted by Gasteiger charge is -2.21. The van der Waals surface area contributed by atoms with E-state index in [9.17, 15) is 4.79 Å². The number of carbonyl (C=O) groups is 1. The molecular formula is C13H18O. The van der Waals surface area contributed by atoms with E-state index in [1.807, 2.05) is 6.92 Å². The van der Waals surface area contributed by atoms with E-state index < -0.39 is 0 Å². The van der Waals surface area contributed by atoms with Gasteiger partial charge in [0.15, 0.2) is 0 Å². The Hall–Kier alpha value is -0.850. The van der Waals surface area contributed by atoms with Crippen LogP contribution in [0, 0.1) is 17.8 Å². The minimum atomic E-state index is 0.644. The van der Waals surface area contributed by atoms with E-state index in [1.165, 1.54) is 19.3 Å². The lowest BCUT2D eigenvalue weighted by Crippen LogP contribution is -2.11. The van der Waals surface area contributed by atoms with Crippen LogP contribution < -0.4 is 0 Å². The van der Waals surface area contributed by atoms with Gasteiger partial charge in [0.2, 0.25) is 0 Å². The van der Waals surface area contributed by atoms with Gasteiger partial charge >= 0.3 is 0 Å². The zero-order valence-corrected chi connectivity index (χ0v) is 8.99. The monoisotopic (exact) mass is 190 g/mol. The molecule has 76 valence electrons. The average molecular weight is 190 g/mol. The zero-order chi connectivity index (χ0) is 10.1. The molecule has 1 nitrogen and oxygen atoms in total. The Kier molecular flexibility index (Phi) is 2.58. The largest absolute Gasteiger partial charge is 0.298 e. The normalized spacial score (nSPS) is 39.4. The highest BCUT2D eigenvalue weighted by Gasteiger charge is 2.41. The Morgan fingerprint density at radius 1 is 1.43 bits per heavy atom. The second-order valence-corrected chi connectivity index (χ2v) is 4.70. The van der Waals surface area contributed by atoms with E-state index in [1.54, 1.807) is 5.57 Å². The molecule has 0 aliphatic heterocycles. The number of allylic oxidation sites excluding steroid dienone is 4. The highest BCUT2D eigenvalue weighted by molar-refractivity contribution is 5.72. The fourth-order valence-corrected chi connectivity index (χ4v) is 3.15. The quantitative estimate of drug-likeness (QED) is 0.371. The Bertz CT molecular complexity index is 298. The molecule has 1 heteroatoms. The van der Waals surface area contributed by atoms with Crippen LogP contribution in [0.5, 0.6) is 0 Å². The molecule has 0 aromatic heterocycles. The fourth-order valence-electron chi connectivity index (χ4n) is 3.15. The maximum Gasteiger partial charge on any atom is 0.145 e. The summed E-state index contributed by atoms with van der Waals surface area (Å²) >= 11 is 0. The molecule has 0 N–H and O–H groups in total. The molecular weight excluding hydrogens is 172 g/mol. The Labute approximate surface area is 85.9 Å². The molecule has 2 rings (SSSR count). The second kappa shape index (κ2) is 3.72. The first-order valence-corrected chi connectivity index (χ1v) is 5.53. The molecule has 2 aliphatic carbocycles. The van der Waals surface area contributed by atoms with Crippen LogP contribution in [0.4, 0.5) is 0 Å². The molecule has 14 heavy (non-hydrogen) atoms. The van der Waals surface area contributed by atoms with E-state index in [2.05, 4.69) is 19.1 Å². The van der Waals surface area contributed by atoms with Gasteiger partial charge in [-0.05, 0) is 56.4 Å². The zero-order valence-electron chi connectivity index (χ0n) is 8.99. The van der Waals surface area contributed by atoms with Crippen LogP contribution in [0.25, 0.3) is 0 Å². The van der Waals surface area contributed by atoms with Crippen molar-refractivity contribution in [2.45, 2.75) is 33.1 Å². The lowest BCUT2D eigenvalue weighted by molar-refractivity contribution is -0.104. The molecule has 0 aromatic rings. The smallest absolute Gasteiger partial charge is 0.145 e.